The quantitative estimate of drug-likeness (QED) is 0.804. The van der Waals surface area contributed by atoms with Crippen LogP contribution in [0.5, 0.6) is 0 Å². The van der Waals surface area contributed by atoms with Gasteiger partial charge in [0.05, 0.1) is 0 Å². The molecule has 1 rings (SSSR count). The lowest BCUT2D eigenvalue weighted by Crippen LogP contribution is -2.20. The van der Waals surface area contributed by atoms with Gasteiger partial charge in [0.25, 0.3) is 0 Å². The molecule has 0 aliphatic rings. The molecule has 1 aromatic carbocycles. The van der Waals surface area contributed by atoms with Crippen molar-refractivity contribution in [1.82, 2.24) is 5.32 Å². The molecule has 1 aromatic rings. The molecule has 1 N–H and O–H groups in total. The van der Waals surface area contributed by atoms with Crippen molar-refractivity contribution in [2.75, 3.05) is 6.54 Å². The Morgan fingerprint density at radius 1 is 1.40 bits per heavy atom. The zero-order valence-electron chi connectivity index (χ0n) is 9.81. The molecule has 0 aromatic heterocycles. The zero-order chi connectivity index (χ0) is 11.3. The fraction of sp³-hybridized carbons (Fsp3) is 0.538. The molecule has 0 saturated heterocycles. The molecule has 1 atom stereocenters. The van der Waals surface area contributed by atoms with Gasteiger partial charge >= 0.3 is 0 Å². The van der Waals surface area contributed by atoms with E-state index in [9.17, 15) is 0 Å². The van der Waals surface area contributed by atoms with Crippen molar-refractivity contribution in [2.45, 2.75) is 33.7 Å². The molecule has 0 amide bonds. The monoisotopic (exact) mass is 225 g/mol. The summed E-state index contributed by atoms with van der Waals surface area (Å²) in [5, 5.41) is 4.30. The smallest absolute Gasteiger partial charge is 0.0435 e. The molecular formula is C13H20ClN. The van der Waals surface area contributed by atoms with Gasteiger partial charge in [-0.1, -0.05) is 44.0 Å². The highest BCUT2D eigenvalue weighted by atomic mass is 35.5. The molecule has 0 saturated carbocycles. The molecular weight excluding hydrogens is 206 g/mol. The van der Waals surface area contributed by atoms with Crippen LogP contribution in [-0.4, -0.2) is 6.54 Å². The van der Waals surface area contributed by atoms with Crippen LogP contribution in [-0.2, 0) is 6.54 Å². The third-order valence-corrected chi connectivity index (χ3v) is 3.17. The number of nitrogens with one attached hydrogen (secondary N) is 1. The molecule has 1 unspecified atom stereocenters. The summed E-state index contributed by atoms with van der Waals surface area (Å²) in [6.45, 7) is 8.54. The van der Waals surface area contributed by atoms with E-state index in [1.54, 1.807) is 0 Å². The summed E-state index contributed by atoms with van der Waals surface area (Å²) in [5.41, 5.74) is 2.46. The Hall–Kier alpha value is -0.530. The minimum atomic E-state index is 0.749. The van der Waals surface area contributed by atoms with E-state index in [0.29, 0.717) is 0 Å². The fourth-order valence-electron chi connectivity index (χ4n) is 1.42. The molecule has 0 heterocycles. The van der Waals surface area contributed by atoms with Gasteiger partial charge in [-0.2, -0.15) is 0 Å². The van der Waals surface area contributed by atoms with E-state index in [-0.39, 0.29) is 0 Å². The summed E-state index contributed by atoms with van der Waals surface area (Å²) in [5.74, 6) is 0.749. The topological polar surface area (TPSA) is 12.0 Å². The van der Waals surface area contributed by atoms with Crippen LogP contribution in [0, 0.1) is 12.8 Å². The molecule has 0 aliphatic heterocycles. The van der Waals surface area contributed by atoms with Crippen molar-refractivity contribution in [1.29, 1.82) is 0 Å². The molecule has 0 bridgehead atoms. The van der Waals surface area contributed by atoms with Crippen molar-refractivity contribution in [3.05, 3.63) is 34.3 Å². The van der Waals surface area contributed by atoms with E-state index in [2.05, 4.69) is 31.3 Å². The highest BCUT2D eigenvalue weighted by Gasteiger charge is 2.00. The standard InChI is InChI=1S/C13H20ClN/c1-4-10(2)8-15-9-12-5-6-13(14)11(3)7-12/h5-7,10,15H,4,8-9H2,1-3H3. The Bertz CT molecular complexity index is 309. The fourth-order valence-corrected chi connectivity index (χ4v) is 1.54. The Morgan fingerprint density at radius 3 is 2.73 bits per heavy atom. The summed E-state index contributed by atoms with van der Waals surface area (Å²) < 4.78 is 0. The lowest BCUT2D eigenvalue weighted by molar-refractivity contribution is 0.500. The predicted octanol–water partition coefficient (Wildman–Crippen LogP) is 3.78. The maximum absolute atomic E-state index is 5.97. The number of aryl methyl sites for hydroxylation is 1. The highest BCUT2D eigenvalue weighted by Crippen LogP contribution is 2.16. The normalized spacial score (nSPS) is 12.8. The summed E-state index contributed by atoms with van der Waals surface area (Å²) >= 11 is 5.97. The lowest BCUT2D eigenvalue weighted by atomic mass is 10.1. The number of hydrogen-bond donors (Lipinski definition) is 1. The van der Waals surface area contributed by atoms with Gasteiger partial charge in [0.2, 0.25) is 0 Å². The minimum Gasteiger partial charge on any atom is -0.312 e. The first-order valence-electron chi connectivity index (χ1n) is 5.59. The number of halogens is 1. The van der Waals surface area contributed by atoms with E-state index < -0.39 is 0 Å². The van der Waals surface area contributed by atoms with E-state index in [1.165, 1.54) is 12.0 Å². The van der Waals surface area contributed by atoms with Gasteiger partial charge in [-0.05, 0) is 36.6 Å². The van der Waals surface area contributed by atoms with Crippen molar-refractivity contribution < 1.29 is 0 Å². The second kappa shape index (κ2) is 6.14. The number of rotatable bonds is 5. The predicted molar refractivity (Wildman–Crippen MR) is 67.4 cm³/mol. The second-order valence-electron chi connectivity index (χ2n) is 4.23. The first kappa shape index (κ1) is 12.5. The zero-order valence-corrected chi connectivity index (χ0v) is 10.6. The third kappa shape index (κ3) is 4.23. The van der Waals surface area contributed by atoms with Gasteiger partial charge in [-0.15, -0.1) is 0 Å². The van der Waals surface area contributed by atoms with Crippen LogP contribution in [0.3, 0.4) is 0 Å². The molecule has 84 valence electrons. The van der Waals surface area contributed by atoms with Crippen LogP contribution >= 0.6 is 11.6 Å². The second-order valence-corrected chi connectivity index (χ2v) is 4.64. The molecule has 15 heavy (non-hydrogen) atoms. The summed E-state index contributed by atoms with van der Waals surface area (Å²) in [6, 6.07) is 6.20. The van der Waals surface area contributed by atoms with Gasteiger partial charge in [0, 0.05) is 11.6 Å². The van der Waals surface area contributed by atoms with E-state index >= 15 is 0 Å². The minimum absolute atomic E-state index is 0.749. The van der Waals surface area contributed by atoms with Gasteiger partial charge in [0.1, 0.15) is 0 Å². The largest absolute Gasteiger partial charge is 0.312 e. The van der Waals surface area contributed by atoms with E-state index in [4.69, 9.17) is 11.6 Å². The van der Waals surface area contributed by atoms with Crippen molar-refractivity contribution in [3.63, 3.8) is 0 Å². The maximum atomic E-state index is 5.97. The Balaban J connectivity index is 2.41. The van der Waals surface area contributed by atoms with Crippen LogP contribution < -0.4 is 5.32 Å². The van der Waals surface area contributed by atoms with Crippen LogP contribution in [0.25, 0.3) is 0 Å². The summed E-state index contributed by atoms with van der Waals surface area (Å²) in [4.78, 5) is 0. The SMILES string of the molecule is CCC(C)CNCc1ccc(Cl)c(C)c1. The van der Waals surface area contributed by atoms with Crippen LogP contribution in [0.15, 0.2) is 18.2 Å². The van der Waals surface area contributed by atoms with Gasteiger partial charge in [0.15, 0.2) is 0 Å². The Kier molecular flexibility index (Phi) is 5.13. The third-order valence-electron chi connectivity index (χ3n) is 2.74. The first-order valence-corrected chi connectivity index (χ1v) is 5.97. The van der Waals surface area contributed by atoms with Crippen molar-refractivity contribution >= 4 is 11.6 Å². The van der Waals surface area contributed by atoms with Crippen LogP contribution in [0.4, 0.5) is 0 Å². The number of hydrogen-bond acceptors (Lipinski definition) is 1. The average Bonchev–Trinajstić information content (AvgIpc) is 2.23. The van der Waals surface area contributed by atoms with Crippen LogP contribution in [0.1, 0.15) is 31.4 Å². The average molecular weight is 226 g/mol. The molecule has 2 heteroatoms. The van der Waals surface area contributed by atoms with Crippen molar-refractivity contribution in [2.24, 2.45) is 5.92 Å². The maximum Gasteiger partial charge on any atom is 0.0435 e. The highest BCUT2D eigenvalue weighted by molar-refractivity contribution is 6.31. The van der Waals surface area contributed by atoms with Crippen molar-refractivity contribution in [3.8, 4) is 0 Å². The first-order chi connectivity index (χ1) is 7.13. The summed E-state index contributed by atoms with van der Waals surface area (Å²) in [6.07, 6.45) is 1.23. The van der Waals surface area contributed by atoms with Gasteiger partial charge in [-0.25, -0.2) is 0 Å². The Morgan fingerprint density at radius 2 is 2.13 bits per heavy atom. The Labute approximate surface area is 97.8 Å². The lowest BCUT2D eigenvalue weighted by Gasteiger charge is -2.10. The molecule has 1 nitrogen and oxygen atoms in total. The van der Waals surface area contributed by atoms with E-state index in [1.807, 2.05) is 13.0 Å². The van der Waals surface area contributed by atoms with Gasteiger partial charge < -0.3 is 5.32 Å². The molecule has 0 fully saturated rings. The molecule has 0 spiro atoms. The van der Waals surface area contributed by atoms with Gasteiger partial charge in [-0.3, -0.25) is 0 Å². The van der Waals surface area contributed by atoms with E-state index in [0.717, 1.165) is 29.6 Å². The molecule has 0 aliphatic carbocycles. The summed E-state index contributed by atoms with van der Waals surface area (Å²) in [7, 11) is 0. The molecule has 0 radical (unpaired) electrons. The van der Waals surface area contributed by atoms with Crippen LogP contribution in [0.2, 0.25) is 5.02 Å². The number of benzene rings is 1.